The number of carbonyl (C=O) groups is 1. The zero-order valence-electron chi connectivity index (χ0n) is 8.03. The SMILES string of the molecule is Cc1cc(C[C@@H](N)C(=O)O)ccc1N. The van der Waals surface area contributed by atoms with Crippen LogP contribution in [0, 0.1) is 6.92 Å². The normalized spacial score (nSPS) is 12.4. The lowest BCUT2D eigenvalue weighted by atomic mass is 10.0. The molecule has 0 spiro atoms. The molecule has 0 aliphatic carbocycles. The summed E-state index contributed by atoms with van der Waals surface area (Å²) < 4.78 is 0. The molecule has 0 heterocycles. The van der Waals surface area contributed by atoms with E-state index in [1.54, 1.807) is 12.1 Å². The Morgan fingerprint density at radius 1 is 1.57 bits per heavy atom. The first kappa shape index (κ1) is 10.5. The summed E-state index contributed by atoms with van der Waals surface area (Å²) >= 11 is 0. The fourth-order valence-corrected chi connectivity index (χ4v) is 1.21. The minimum absolute atomic E-state index is 0.330. The molecule has 0 saturated carbocycles. The zero-order chi connectivity index (χ0) is 10.7. The van der Waals surface area contributed by atoms with Gasteiger partial charge in [0.15, 0.2) is 0 Å². The molecular weight excluding hydrogens is 180 g/mol. The number of nitrogens with two attached hydrogens (primary N) is 2. The van der Waals surface area contributed by atoms with Crippen LogP contribution in [0.25, 0.3) is 0 Å². The third kappa shape index (κ3) is 2.47. The molecule has 1 aromatic carbocycles. The second-order valence-corrected chi connectivity index (χ2v) is 3.34. The first-order valence-electron chi connectivity index (χ1n) is 4.34. The topological polar surface area (TPSA) is 89.3 Å². The smallest absolute Gasteiger partial charge is 0.320 e. The van der Waals surface area contributed by atoms with Crippen LogP contribution in [0.2, 0.25) is 0 Å². The van der Waals surface area contributed by atoms with Gasteiger partial charge in [0.25, 0.3) is 0 Å². The molecule has 1 rings (SSSR count). The van der Waals surface area contributed by atoms with Gasteiger partial charge in [-0.05, 0) is 30.5 Å². The lowest BCUT2D eigenvalue weighted by Crippen LogP contribution is -2.32. The molecule has 0 aliphatic heterocycles. The number of carboxylic acids is 1. The second-order valence-electron chi connectivity index (χ2n) is 3.34. The number of hydrogen-bond acceptors (Lipinski definition) is 3. The largest absolute Gasteiger partial charge is 0.480 e. The van der Waals surface area contributed by atoms with Gasteiger partial charge in [0.1, 0.15) is 6.04 Å². The Morgan fingerprint density at radius 2 is 2.21 bits per heavy atom. The van der Waals surface area contributed by atoms with E-state index < -0.39 is 12.0 Å². The molecule has 0 radical (unpaired) electrons. The van der Waals surface area contributed by atoms with Crippen molar-refractivity contribution in [3.8, 4) is 0 Å². The van der Waals surface area contributed by atoms with E-state index in [9.17, 15) is 4.79 Å². The van der Waals surface area contributed by atoms with Gasteiger partial charge >= 0.3 is 5.97 Å². The van der Waals surface area contributed by atoms with Crippen molar-refractivity contribution in [1.82, 2.24) is 0 Å². The van der Waals surface area contributed by atoms with Crippen LogP contribution in [0.4, 0.5) is 5.69 Å². The Balaban J connectivity index is 2.78. The fourth-order valence-electron chi connectivity index (χ4n) is 1.21. The van der Waals surface area contributed by atoms with Crippen LogP contribution in [0.3, 0.4) is 0 Å². The molecule has 1 aromatic rings. The summed E-state index contributed by atoms with van der Waals surface area (Å²) in [6.45, 7) is 1.88. The highest BCUT2D eigenvalue weighted by atomic mass is 16.4. The van der Waals surface area contributed by atoms with E-state index in [-0.39, 0.29) is 0 Å². The van der Waals surface area contributed by atoms with E-state index in [4.69, 9.17) is 16.6 Å². The first-order valence-corrected chi connectivity index (χ1v) is 4.34. The van der Waals surface area contributed by atoms with Gasteiger partial charge in [-0.2, -0.15) is 0 Å². The summed E-state index contributed by atoms with van der Waals surface area (Å²) in [5, 5.41) is 8.62. The van der Waals surface area contributed by atoms with Gasteiger partial charge in [-0.25, -0.2) is 0 Å². The number of aryl methyl sites for hydroxylation is 1. The number of hydrogen-bond donors (Lipinski definition) is 3. The lowest BCUT2D eigenvalue weighted by Gasteiger charge is -2.08. The Morgan fingerprint density at radius 3 is 2.71 bits per heavy atom. The summed E-state index contributed by atoms with van der Waals surface area (Å²) in [7, 11) is 0. The van der Waals surface area contributed by atoms with Gasteiger partial charge in [-0.3, -0.25) is 4.79 Å². The van der Waals surface area contributed by atoms with Gasteiger partial charge in [-0.1, -0.05) is 12.1 Å². The zero-order valence-corrected chi connectivity index (χ0v) is 8.03. The Labute approximate surface area is 82.5 Å². The molecular formula is C10H14N2O2. The molecule has 5 N–H and O–H groups in total. The highest BCUT2D eigenvalue weighted by Gasteiger charge is 2.12. The summed E-state index contributed by atoms with van der Waals surface area (Å²) in [6.07, 6.45) is 0.330. The maximum atomic E-state index is 10.5. The molecule has 0 aromatic heterocycles. The number of rotatable bonds is 3. The number of nitrogen functional groups attached to an aromatic ring is 1. The third-order valence-electron chi connectivity index (χ3n) is 2.11. The van der Waals surface area contributed by atoms with Crippen molar-refractivity contribution in [2.45, 2.75) is 19.4 Å². The van der Waals surface area contributed by atoms with E-state index in [2.05, 4.69) is 0 Å². The number of carboxylic acid groups (broad SMARTS) is 1. The minimum Gasteiger partial charge on any atom is -0.480 e. The monoisotopic (exact) mass is 194 g/mol. The average molecular weight is 194 g/mol. The van der Waals surface area contributed by atoms with Crippen LogP contribution >= 0.6 is 0 Å². The molecule has 4 nitrogen and oxygen atoms in total. The van der Waals surface area contributed by atoms with E-state index in [1.807, 2.05) is 13.0 Å². The Bertz CT molecular complexity index is 350. The number of aliphatic carboxylic acids is 1. The van der Waals surface area contributed by atoms with Gasteiger partial charge in [-0.15, -0.1) is 0 Å². The quantitative estimate of drug-likeness (QED) is 0.612. The molecule has 14 heavy (non-hydrogen) atoms. The predicted molar refractivity (Wildman–Crippen MR) is 54.9 cm³/mol. The van der Waals surface area contributed by atoms with Crippen LogP contribution in [-0.4, -0.2) is 17.1 Å². The van der Waals surface area contributed by atoms with Gasteiger partial charge in [0.2, 0.25) is 0 Å². The second kappa shape index (κ2) is 4.11. The molecule has 0 unspecified atom stereocenters. The molecule has 0 amide bonds. The Kier molecular flexibility index (Phi) is 3.09. The molecule has 1 atom stereocenters. The summed E-state index contributed by atoms with van der Waals surface area (Å²) in [4.78, 5) is 10.5. The van der Waals surface area contributed by atoms with Crippen LogP contribution in [0.15, 0.2) is 18.2 Å². The van der Waals surface area contributed by atoms with Gasteiger partial charge in [0.05, 0.1) is 0 Å². The van der Waals surface area contributed by atoms with Gasteiger partial charge < -0.3 is 16.6 Å². The van der Waals surface area contributed by atoms with Gasteiger partial charge in [0, 0.05) is 5.69 Å². The molecule has 0 saturated heterocycles. The van der Waals surface area contributed by atoms with Crippen molar-refractivity contribution in [2.75, 3.05) is 5.73 Å². The minimum atomic E-state index is -0.987. The van der Waals surface area contributed by atoms with Crippen molar-refractivity contribution >= 4 is 11.7 Å². The van der Waals surface area contributed by atoms with Crippen LogP contribution in [0.1, 0.15) is 11.1 Å². The number of benzene rings is 1. The summed E-state index contributed by atoms with van der Waals surface area (Å²) in [5.74, 6) is -0.987. The maximum absolute atomic E-state index is 10.5. The first-order chi connectivity index (χ1) is 6.50. The van der Waals surface area contributed by atoms with E-state index in [0.29, 0.717) is 12.1 Å². The molecule has 0 bridgehead atoms. The molecule has 76 valence electrons. The van der Waals surface area contributed by atoms with Crippen LogP contribution in [-0.2, 0) is 11.2 Å². The van der Waals surface area contributed by atoms with Crippen LogP contribution in [0.5, 0.6) is 0 Å². The van der Waals surface area contributed by atoms with Crippen LogP contribution < -0.4 is 11.5 Å². The highest BCUT2D eigenvalue weighted by molar-refractivity contribution is 5.73. The third-order valence-corrected chi connectivity index (χ3v) is 2.11. The molecule has 0 fully saturated rings. The van der Waals surface area contributed by atoms with E-state index in [1.165, 1.54) is 0 Å². The van der Waals surface area contributed by atoms with Crippen molar-refractivity contribution in [3.05, 3.63) is 29.3 Å². The standard InChI is InChI=1S/C10H14N2O2/c1-6-4-7(2-3-8(6)11)5-9(12)10(13)14/h2-4,9H,5,11-12H2,1H3,(H,13,14)/t9-/m1/s1. The lowest BCUT2D eigenvalue weighted by molar-refractivity contribution is -0.138. The molecule has 0 aliphatic rings. The average Bonchev–Trinajstić information content (AvgIpc) is 2.11. The fraction of sp³-hybridized carbons (Fsp3) is 0.300. The summed E-state index contributed by atoms with van der Waals surface area (Å²) in [6, 6.07) is 4.57. The van der Waals surface area contributed by atoms with Crippen molar-refractivity contribution < 1.29 is 9.90 Å². The predicted octanol–water partition coefficient (Wildman–Crippen LogP) is 0.532. The maximum Gasteiger partial charge on any atom is 0.320 e. The van der Waals surface area contributed by atoms with Crippen molar-refractivity contribution in [3.63, 3.8) is 0 Å². The van der Waals surface area contributed by atoms with Crippen molar-refractivity contribution in [1.29, 1.82) is 0 Å². The van der Waals surface area contributed by atoms with E-state index in [0.717, 1.165) is 11.1 Å². The molecule has 4 heteroatoms. The highest BCUT2D eigenvalue weighted by Crippen LogP contribution is 2.13. The van der Waals surface area contributed by atoms with Crippen molar-refractivity contribution in [2.24, 2.45) is 5.73 Å². The summed E-state index contributed by atoms with van der Waals surface area (Å²) in [5.41, 5.74) is 13.6. The Hall–Kier alpha value is -1.55. The van der Waals surface area contributed by atoms with E-state index >= 15 is 0 Å². The number of anilines is 1.